The van der Waals surface area contributed by atoms with Gasteiger partial charge in [-0.3, -0.25) is 4.90 Å². The van der Waals surface area contributed by atoms with Crippen LogP contribution in [0.2, 0.25) is 5.02 Å². The van der Waals surface area contributed by atoms with E-state index >= 15 is 0 Å². The minimum atomic E-state index is 0.777. The summed E-state index contributed by atoms with van der Waals surface area (Å²) in [5.74, 6) is 0.777. The van der Waals surface area contributed by atoms with E-state index < -0.39 is 0 Å². The van der Waals surface area contributed by atoms with E-state index in [0.29, 0.717) is 0 Å². The van der Waals surface area contributed by atoms with Gasteiger partial charge in [0.15, 0.2) is 0 Å². The molecule has 1 aliphatic rings. The van der Waals surface area contributed by atoms with Gasteiger partial charge in [-0.1, -0.05) is 34.5 Å². The third kappa shape index (κ3) is 4.75. The number of benzene rings is 1. The predicted molar refractivity (Wildman–Crippen MR) is 85.7 cm³/mol. The number of nitrogens with one attached hydrogen (secondary N) is 1. The lowest BCUT2D eigenvalue weighted by Gasteiger charge is -2.29. The minimum absolute atomic E-state index is 0.777. The Hall–Kier alpha value is -0.0900. The Kier molecular flexibility index (Phi) is 6.14. The molecule has 1 aromatic rings. The smallest absolute Gasteiger partial charge is 0.0451 e. The standard InChI is InChI=1S/C15H22BrClN2/c1-2-19(10-12-4-3-7-18-9-12)11-13-8-14(16)5-6-15(13)17/h5-6,8,12,18H,2-4,7,9-11H2,1H3. The van der Waals surface area contributed by atoms with E-state index in [1.54, 1.807) is 0 Å². The Morgan fingerprint density at radius 3 is 3.00 bits per heavy atom. The van der Waals surface area contributed by atoms with Crippen LogP contribution in [0.4, 0.5) is 0 Å². The van der Waals surface area contributed by atoms with Crippen molar-refractivity contribution in [3.63, 3.8) is 0 Å². The van der Waals surface area contributed by atoms with E-state index in [1.807, 2.05) is 12.1 Å². The molecule has 2 nitrogen and oxygen atoms in total. The highest BCUT2D eigenvalue weighted by Gasteiger charge is 2.17. The van der Waals surface area contributed by atoms with Gasteiger partial charge in [0.05, 0.1) is 0 Å². The molecule has 0 aromatic heterocycles. The molecule has 1 N–H and O–H groups in total. The minimum Gasteiger partial charge on any atom is -0.316 e. The van der Waals surface area contributed by atoms with Crippen molar-refractivity contribution in [2.24, 2.45) is 5.92 Å². The third-order valence-electron chi connectivity index (χ3n) is 3.76. The summed E-state index contributed by atoms with van der Waals surface area (Å²) in [6.45, 7) is 7.72. The fraction of sp³-hybridized carbons (Fsp3) is 0.600. The van der Waals surface area contributed by atoms with Crippen LogP contribution in [-0.4, -0.2) is 31.1 Å². The first kappa shape index (κ1) is 15.3. The Morgan fingerprint density at radius 1 is 1.47 bits per heavy atom. The molecule has 0 spiro atoms. The monoisotopic (exact) mass is 344 g/mol. The average molecular weight is 346 g/mol. The van der Waals surface area contributed by atoms with E-state index in [0.717, 1.165) is 41.6 Å². The summed E-state index contributed by atoms with van der Waals surface area (Å²) in [4.78, 5) is 2.49. The fourth-order valence-electron chi connectivity index (χ4n) is 2.66. The molecule has 1 aromatic carbocycles. The van der Waals surface area contributed by atoms with Crippen LogP contribution in [-0.2, 0) is 6.54 Å². The van der Waals surface area contributed by atoms with Crippen molar-refractivity contribution in [1.82, 2.24) is 10.2 Å². The highest BCUT2D eigenvalue weighted by molar-refractivity contribution is 9.10. The molecule has 2 rings (SSSR count). The van der Waals surface area contributed by atoms with E-state index in [4.69, 9.17) is 11.6 Å². The zero-order chi connectivity index (χ0) is 13.7. The number of hydrogen-bond donors (Lipinski definition) is 1. The molecule has 1 aliphatic heterocycles. The second kappa shape index (κ2) is 7.63. The van der Waals surface area contributed by atoms with E-state index in [2.05, 4.69) is 39.1 Å². The van der Waals surface area contributed by atoms with Crippen molar-refractivity contribution < 1.29 is 0 Å². The highest BCUT2D eigenvalue weighted by atomic mass is 79.9. The number of nitrogens with zero attached hydrogens (tertiary/aromatic N) is 1. The van der Waals surface area contributed by atoms with Crippen molar-refractivity contribution in [2.75, 3.05) is 26.2 Å². The second-order valence-corrected chi connectivity index (χ2v) is 6.60. The molecule has 0 aliphatic carbocycles. The van der Waals surface area contributed by atoms with Gasteiger partial charge in [-0.05, 0) is 62.2 Å². The largest absolute Gasteiger partial charge is 0.316 e. The van der Waals surface area contributed by atoms with Crippen LogP contribution in [0.3, 0.4) is 0 Å². The maximum Gasteiger partial charge on any atom is 0.0451 e. The number of rotatable bonds is 5. The molecule has 1 atom stereocenters. The Bertz CT molecular complexity index is 405. The van der Waals surface area contributed by atoms with Crippen molar-refractivity contribution in [1.29, 1.82) is 0 Å². The summed E-state index contributed by atoms with van der Waals surface area (Å²) in [6.07, 6.45) is 2.65. The number of piperidine rings is 1. The topological polar surface area (TPSA) is 15.3 Å². The average Bonchev–Trinajstić information content (AvgIpc) is 2.43. The van der Waals surface area contributed by atoms with Crippen LogP contribution in [0.1, 0.15) is 25.3 Å². The molecular weight excluding hydrogens is 324 g/mol. The van der Waals surface area contributed by atoms with Crippen LogP contribution in [0.15, 0.2) is 22.7 Å². The zero-order valence-corrected chi connectivity index (χ0v) is 13.8. The van der Waals surface area contributed by atoms with Gasteiger partial charge in [0, 0.05) is 22.6 Å². The molecule has 19 heavy (non-hydrogen) atoms. The first-order valence-corrected chi connectivity index (χ1v) is 8.23. The van der Waals surface area contributed by atoms with Crippen LogP contribution in [0.5, 0.6) is 0 Å². The zero-order valence-electron chi connectivity index (χ0n) is 11.5. The summed E-state index contributed by atoms with van der Waals surface area (Å²) in [7, 11) is 0. The van der Waals surface area contributed by atoms with Gasteiger partial charge in [-0.15, -0.1) is 0 Å². The third-order valence-corrected chi connectivity index (χ3v) is 4.63. The van der Waals surface area contributed by atoms with Gasteiger partial charge in [-0.2, -0.15) is 0 Å². The molecule has 0 saturated carbocycles. The Morgan fingerprint density at radius 2 is 2.32 bits per heavy atom. The Balaban J connectivity index is 1.95. The van der Waals surface area contributed by atoms with Crippen LogP contribution < -0.4 is 5.32 Å². The van der Waals surface area contributed by atoms with Crippen LogP contribution in [0.25, 0.3) is 0 Å². The van der Waals surface area contributed by atoms with Crippen molar-refractivity contribution in [2.45, 2.75) is 26.3 Å². The second-order valence-electron chi connectivity index (χ2n) is 5.28. The summed E-state index contributed by atoms with van der Waals surface area (Å²) in [6, 6.07) is 6.09. The molecule has 1 heterocycles. The molecule has 0 radical (unpaired) electrons. The van der Waals surface area contributed by atoms with E-state index in [9.17, 15) is 0 Å². The quantitative estimate of drug-likeness (QED) is 0.870. The van der Waals surface area contributed by atoms with Crippen LogP contribution >= 0.6 is 27.5 Å². The first-order chi connectivity index (χ1) is 9.19. The molecule has 0 bridgehead atoms. The van der Waals surface area contributed by atoms with Crippen molar-refractivity contribution >= 4 is 27.5 Å². The number of halogens is 2. The fourth-order valence-corrected chi connectivity index (χ4v) is 3.24. The van der Waals surface area contributed by atoms with Crippen LogP contribution in [0, 0.1) is 5.92 Å². The number of hydrogen-bond acceptors (Lipinski definition) is 2. The summed E-state index contributed by atoms with van der Waals surface area (Å²) in [5.41, 5.74) is 1.21. The molecule has 4 heteroatoms. The Labute approximate surface area is 129 Å². The van der Waals surface area contributed by atoms with Gasteiger partial charge in [-0.25, -0.2) is 0 Å². The molecule has 1 fully saturated rings. The van der Waals surface area contributed by atoms with Crippen molar-refractivity contribution in [3.05, 3.63) is 33.3 Å². The van der Waals surface area contributed by atoms with E-state index in [-0.39, 0.29) is 0 Å². The summed E-state index contributed by atoms with van der Waals surface area (Å²) < 4.78 is 1.10. The normalized spacial score (nSPS) is 19.9. The van der Waals surface area contributed by atoms with Gasteiger partial charge in [0.2, 0.25) is 0 Å². The molecule has 106 valence electrons. The maximum absolute atomic E-state index is 6.28. The molecule has 0 amide bonds. The van der Waals surface area contributed by atoms with Gasteiger partial charge in [0.1, 0.15) is 0 Å². The lowest BCUT2D eigenvalue weighted by Crippen LogP contribution is -2.38. The molecule has 1 unspecified atom stereocenters. The molecule has 1 saturated heterocycles. The van der Waals surface area contributed by atoms with Gasteiger partial charge in [0.25, 0.3) is 0 Å². The SMILES string of the molecule is CCN(Cc1cc(Br)ccc1Cl)CC1CCCNC1. The molecular formula is C15H22BrClN2. The maximum atomic E-state index is 6.28. The predicted octanol–water partition coefficient (Wildman–Crippen LogP) is 3.92. The van der Waals surface area contributed by atoms with E-state index in [1.165, 1.54) is 24.9 Å². The lowest BCUT2D eigenvalue weighted by molar-refractivity contribution is 0.209. The lowest BCUT2D eigenvalue weighted by atomic mass is 9.99. The summed E-state index contributed by atoms with van der Waals surface area (Å²) in [5, 5.41) is 4.35. The first-order valence-electron chi connectivity index (χ1n) is 7.06. The summed E-state index contributed by atoms with van der Waals surface area (Å²) >= 11 is 9.80. The van der Waals surface area contributed by atoms with Crippen molar-refractivity contribution in [3.8, 4) is 0 Å². The van der Waals surface area contributed by atoms with Gasteiger partial charge < -0.3 is 5.32 Å². The van der Waals surface area contributed by atoms with Gasteiger partial charge >= 0.3 is 0 Å². The highest BCUT2D eigenvalue weighted by Crippen LogP contribution is 2.23.